The Bertz CT molecular complexity index is 1510. The molecule has 2 N–H and O–H groups in total. The number of hydrogen-bond acceptors (Lipinski definition) is 7. The van der Waals surface area contributed by atoms with Crippen LogP contribution in [0.4, 0.5) is 0 Å². The highest BCUT2D eigenvalue weighted by molar-refractivity contribution is 7.19. The van der Waals surface area contributed by atoms with E-state index in [0.717, 1.165) is 31.9 Å². The second kappa shape index (κ2) is 10.1. The van der Waals surface area contributed by atoms with E-state index in [4.69, 9.17) is 4.84 Å². The maximum absolute atomic E-state index is 13.8. The number of pyridine rings is 1. The van der Waals surface area contributed by atoms with Crippen LogP contribution in [0.5, 0.6) is 0 Å². The number of nitrogens with zero attached hydrogens (tertiary/aromatic N) is 4. The van der Waals surface area contributed by atoms with Crippen LogP contribution in [0.3, 0.4) is 0 Å². The highest BCUT2D eigenvalue weighted by Gasteiger charge is 2.29. The summed E-state index contributed by atoms with van der Waals surface area (Å²) in [4.78, 5) is 54.3. The number of H-pyrrole nitrogens is 1. The van der Waals surface area contributed by atoms with Crippen LogP contribution in [0.2, 0.25) is 0 Å². The summed E-state index contributed by atoms with van der Waals surface area (Å²) >= 11 is 1.27. The Morgan fingerprint density at radius 1 is 1.31 bits per heavy atom. The second-order valence-corrected chi connectivity index (χ2v) is 9.32. The number of rotatable bonds is 9. The van der Waals surface area contributed by atoms with Crippen molar-refractivity contribution in [2.24, 2.45) is 7.05 Å². The normalized spacial score (nSPS) is 11.6. The van der Waals surface area contributed by atoms with Crippen LogP contribution in [0.1, 0.15) is 46.8 Å². The molecule has 4 heterocycles. The molecule has 0 radical (unpaired) electrons. The van der Waals surface area contributed by atoms with Crippen molar-refractivity contribution in [2.45, 2.75) is 40.2 Å². The lowest BCUT2D eigenvalue weighted by atomic mass is 10.0. The monoisotopic (exact) mass is 499 g/mol. The van der Waals surface area contributed by atoms with E-state index in [1.54, 1.807) is 17.7 Å². The van der Waals surface area contributed by atoms with E-state index in [2.05, 4.69) is 9.97 Å². The van der Waals surface area contributed by atoms with Gasteiger partial charge in [0.15, 0.2) is 0 Å². The number of carbonyl (C=O) groups excluding carboxylic acids is 1. The van der Waals surface area contributed by atoms with Crippen LogP contribution >= 0.6 is 11.3 Å². The highest BCUT2D eigenvalue weighted by atomic mass is 32.1. The number of aromatic nitrogens is 4. The van der Waals surface area contributed by atoms with Gasteiger partial charge in [-0.25, -0.2) is 14.8 Å². The molecule has 11 heteroatoms. The first-order valence-electron chi connectivity index (χ1n) is 11.6. The van der Waals surface area contributed by atoms with Crippen molar-refractivity contribution in [1.29, 1.82) is 0 Å². The van der Waals surface area contributed by atoms with Gasteiger partial charge in [-0.1, -0.05) is 6.92 Å². The second-order valence-electron chi connectivity index (χ2n) is 8.23. The van der Waals surface area contributed by atoms with Gasteiger partial charge in [0.05, 0.1) is 30.7 Å². The molecule has 0 bridgehead atoms. The third-order valence-corrected chi connectivity index (χ3v) is 7.16. The zero-order valence-electron chi connectivity index (χ0n) is 20.3. The van der Waals surface area contributed by atoms with Crippen LogP contribution in [0.15, 0.2) is 27.9 Å². The van der Waals surface area contributed by atoms with Gasteiger partial charge in [-0.3, -0.25) is 23.6 Å². The van der Waals surface area contributed by atoms with Gasteiger partial charge in [0, 0.05) is 42.2 Å². The number of aliphatic hydroxyl groups is 1. The Balaban J connectivity index is 2.03. The number of hydrogen-bond donors (Lipinski definition) is 2. The minimum Gasteiger partial charge on any atom is -0.394 e. The number of hydroxylamine groups is 2. The molecule has 1 amide bonds. The maximum Gasteiger partial charge on any atom is 0.331 e. The lowest BCUT2D eigenvalue weighted by Crippen LogP contribution is -2.39. The standard InChI is InChI=1S/C24H29N5O5S/c1-5-10-28-23-19(21(31)27(4)24(28)33)18(22(32)29(11-12-30)34-6-2)17(35-23)13-16-14(3)26-20-15(16)8-7-9-25-20/h7-9,30H,5-6,10-13H2,1-4H3,(H,25,26). The average Bonchev–Trinajstić information content (AvgIpc) is 3.37. The molecule has 10 nitrogen and oxygen atoms in total. The molecule has 0 aliphatic rings. The van der Waals surface area contributed by atoms with Crippen molar-refractivity contribution in [2.75, 3.05) is 19.8 Å². The van der Waals surface area contributed by atoms with E-state index >= 15 is 0 Å². The molecular weight excluding hydrogens is 470 g/mol. The highest BCUT2D eigenvalue weighted by Crippen LogP contribution is 2.34. The Morgan fingerprint density at radius 2 is 2.09 bits per heavy atom. The molecular formula is C24H29N5O5S. The number of carbonyl (C=O) groups is 1. The Hall–Kier alpha value is -3.28. The van der Waals surface area contributed by atoms with Gasteiger partial charge in [0.2, 0.25) is 0 Å². The summed E-state index contributed by atoms with van der Waals surface area (Å²) in [5.41, 5.74) is 1.87. The van der Waals surface area contributed by atoms with Gasteiger partial charge in [-0.05, 0) is 38.0 Å². The van der Waals surface area contributed by atoms with Gasteiger partial charge in [-0.2, -0.15) is 0 Å². The third kappa shape index (κ3) is 4.30. The summed E-state index contributed by atoms with van der Waals surface area (Å²) in [5.74, 6) is -0.517. The predicted octanol–water partition coefficient (Wildman–Crippen LogP) is 2.33. The van der Waals surface area contributed by atoms with E-state index < -0.39 is 17.2 Å². The number of nitrogens with one attached hydrogen (secondary N) is 1. The zero-order chi connectivity index (χ0) is 25.3. The molecule has 0 saturated heterocycles. The summed E-state index contributed by atoms with van der Waals surface area (Å²) in [5, 5.41) is 11.7. The summed E-state index contributed by atoms with van der Waals surface area (Å²) in [6.07, 6.45) is 2.76. The van der Waals surface area contributed by atoms with E-state index in [1.165, 1.54) is 18.4 Å². The first-order chi connectivity index (χ1) is 16.8. The smallest absolute Gasteiger partial charge is 0.331 e. The van der Waals surface area contributed by atoms with E-state index in [9.17, 15) is 19.5 Å². The predicted molar refractivity (Wildman–Crippen MR) is 135 cm³/mol. The molecule has 4 aromatic rings. The molecule has 0 atom stereocenters. The van der Waals surface area contributed by atoms with Crippen molar-refractivity contribution in [3.05, 3.63) is 60.9 Å². The quantitative estimate of drug-likeness (QED) is 0.341. The number of fused-ring (bicyclic) bond motifs is 2. The maximum atomic E-state index is 13.8. The fourth-order valence-electron chi connectivity index (χ4n) is 4.34. The lowest BCUT2D eigenvalue weighted by molar-refractivity contribution is -0.123. The first kappa shape index (κ1) is 24.8. The lowest BCUT2D eigenvalue weighted by Gasteiger charge is -2.20. The molecule has 0 fully saturated rings. The fraction of sp³-hybridized carbons (Fsp3) is 0.417. The molecule has 0 aromatic carbocycles. The van der Waals surface area contributed by atoms with E-state index in [-0.39, 0.29) is 30.7 Å². The summed E-state index contributed by atoms with van der Waals surface area (Å²) in [6, 6.07) is 3.81. The SMILES string of the molecule is CCCn1c(=O)n(C)c(=O)c2c(C(=O)N(CCO)OCC)c(Cc3c(C)[nH]c4ncccc34)sc21. The fourth-order valence-corrected chi connectivity index (χ4v) is 5.65. The topological polar surface area (TPSA) is 122 Å². The molecule has 4 rings (SSSR count). The minimum absolute atomic E-state index is 0.0472. The number of amides is 1. The zero-order valence-corrected chi connectivity index (χ0v) is 21.1. The molecule has 0 aliphatic heterocycles. The van der Waals surface area contributed by atoms with Gasteiger partial charge in [0.1, 0.15) is 10.5 Å². The van der Waals surface area contributed by atoms with Crippen LogP contribution in [-0.4, -0.2) is 54.9 Å². The van der Waals surface area contributed by atoms with Crippen LogP contribution in [0, 0.1) is 6.92 Å². The Labute approximate surface area is 205 Å². The summed E-state index contributed by atoms with van der Waals surface area (Å²) < 4.78 is 2.60. The average molecular weight is 500 g/mol. The van der Waals surface area contributed by atoms with Crippen molar-refractivity contribution < 1.29 is 14.7 Å². The van der Waals surface area contributed by atoms with E-state index in [1.807, 2.05) is 26.0 Å². The van der Waals surface area contributed by atoms with Crippen molar-refractivity contribution in [1.82, 2.24) is 24.2 Å². The first-order valence-corrected chi connectivity index (χ1v) is 12.4. The molecule has 35 heavy (non-hydrogen) atoms. The Morgan fingerprint density at radius 3 is 2.77 bits per heavy atom. The molecule has 4 aromatic heterocycles. The third-order valence-electron chi connectivity index (χ3n) is 5.95. The van der Waals surface area contributed by atoms with Crippen molar-refractivity contribution in [3.63, 3.8) is 0 Å². The largest absolute Gasteiger partial charge is 0.394 e. The van der Waals surface area contributed by atoms with Gasteiger partial charge < -0.3 is 10.1 Å². The Kier molecular flexibility index (Phi) is 7.20. The van der Waals surface area contributed by atoms with Crippen molar-refractivity contribution >= 4 is 38.5 Å². The van der Waals surface area contributed by atoms with Gasteiger partial charge >= 0.3 is 5.69 Å². The van der Waals surface area contributed by atoms with Crippen LogP contribution < -0.4 is 11.2 Å². The number of aromatic amines is 1. The molecule has 186 valence electrons. The van der Waals surface area contributed by atoms with Crippen LogP contribution in [0.25, 0.3) is 21.3 Å². The summed E-state index contributed by atoms with van der Waals surface area (Å²) in [6.45, 7) is 5.92. The summed E-state index contributed by atoms with van der Waals surface area (Å²) in [7, 11) is 1.42. The van der Waals surface area contributed by atoms with Crippen molar-refractivity contribution in [3.8, 4) is 0 Å². The minimum atomic E-state index is -0.527. The molecule has 0 spiro atoms. The van der Waals surface area contributed by atoms with Crippen LogP contribution in [-0.2, 0) is 24.9 Å². The molecule has 0 aliphatic carbocycles. The van der Waals surface area contributed by atoms with E-state index in [0.29, 0.717) is 29.1 Å². The number of aliphatic hydroxyl groups excluding tert-OH is 1. The van der Waals surface area contributed by atoms with Gasteiger partial charge in [0.25, 0.3) is 11.5 Å². The number of thiophene rings is 1. The molecule has 0 unspecified atom stereocenters. The number of aryl methyl sites for hydroxylation is 2. The molecule has 0 saturated carbocycles. The van der Waals surface area contributed by atoms with Gasteiger partial charge in [-0.15, -0.1) is 11.3 Å².